The number of rotatable bonds is 5. The highest BCUT2D eigenvalue weighted by Gasteiger charge is 2.32. The smallest absolute Gasteiger partial charge is 0.340 e. The van der Waals surface area contributed by atoms with Gasteiger partial charge in [0, 0.05) is 0 Å². The Labute approximate surface area is 149 Å². The third kappa shape index (κ3) is 4.53. The molecule has 1 aliphatic rings. The molecule has 6 nitrogen and oxygen atoms in total. The van der Waals surface area contributed by atoms with Crippen LogP contribution in [0.25, 0.3) is 0 Å². The van der Waals surface area contributed by atoms with Gasteiger partial charge in [0.05, 0.1) is 21.9 Å². The molecule has 1 N–H and O–H groups in total. The number of amidine groups is 2. The highest BCUT2D eigenvalue weighted by atomic mass is 35.5. The van der Waals surface area contributed by atoms with E-state index in [9.17, 15) is 17.2 Å². The molecule has 138 valence electrons. The van der Waals surface area contributed by atoms with Crippen molar-refractivity contribution < 1.29 is 21.9 Å². The zero-order valence-corrected chi connectivity index (χ0v) is 15.4. The lowest BCUT2D eigenvalue weighted by Crippen LogP contribution is -2.42. The number of para-hydroxylation sites is 1. The molecule has 0 radical (unpaired) electrons. The van der Waals surface area contributed by atoms with E-state index in [-0.39, 0.29) is 21.7 Å². The Hall–Kier alpha value is -1.58. The van der Waals surface area contributed by atoms with E-state index >= 15 is 0 Å². The minimum absolute atomic E-state index is 0.0285. The van der Waals surface area contributed by atoms with Crippen LogP contribution in [0.2, 0.25) is 0 Å². The van der Waals surface area contributed by atoms with Gasteiger partial charge in [-0.05, 0) is 44.5 Å². The average Bonchev–Trinajstić information content (AvgIpc) is 2.50. The van der Waals surface area contributed by atoms with E-state index in [4.69, 9.17) is 11.6 Å². The van der Waals surface area contributed by atoms with Crippen LogP contribution in [0.15, 0.2) is 39.1 Å². The summed E-state index contributed by atoms with van der Waals surface area (Å²) in [5.41, 5.74) is 0.205. The van der Waals surface area contributed by atoms with Gasteiger partial charge >= 0.3 is 6.61 Å². The first kappa shape index (κ1) is 19.7. The summed E-state index contributed by atoms with van der Waals surface area (Å²) in [4.78, 5) is 7.82. The molecule has 0 bridgehead atoms. The van der Waals surface area contributed by atoms with Crippen LogP contribution in [0.1, 0.15) is 20.8 Å². The first-order chi connectivity index (χ1) is 11.6. The summed E-state index contributed by atoms with van der Waals surface area (Å²) in [5, 5.41) is 1.99. The molecule has 0 fully saturated rings. The number of aliphatic imine (C=N–C) groups is 2. The van der Waals surface area contributed by atoms with Crippen LogP contribution < -0.4 is 5.32 Å². The summed E-state index contributed by atoms with van der Waals surface area (Å²) in [6.45, 7) is 1.61. The van der Waals surface area contributed by atoms with Crippen LogP contribution in [0.3, 0.4) is 0 Å². The van der Waals surface area contributed by atoms with Gasteiger partial charge in [0.25, 0.3) is 0 Å². The van der Waals surface area contributed by atoms with Crippen molar-refractivity contribution in [3.63, 3.8) is 0 Å². The minimum Gasteiger partial charge on any atom is -0.340 e. The van der Waals surface area contributed by atoms with Gasteiger partial charge in [0.15, 0.2) is 9.84 Å². The fourth-order valence-corrected chi connectivity index (χ4v) is 3.70. The third-order valence-corrected chi connectivity index (χ3v) is 5.95. The fourth-order valence-electron chi connectivity index (χ4n) is 2.25. The van der Waals surface area contributed by atoms with Crippen LogP contribution in [0, 0.1) is 0 Å². The van der Waals surface area contributed by atoms with Crippen molar-refractivity contribution in [1.29, 1.82) is 0 Å². The maximum atomic E-state index is 12.7. The number of anilines is 1. The van der Waals surface area contributed by atoms with E-state index in [1.165, 1.54) is 12.1 Å². The van der Waals surface area contributed by atoms with Gasteiger partial charge in [-0.3, -0.25) is 0 Å². The molecule has 0 spiro atoms. The lowest BCUT2D eigenvalue weighted by Gasteiger charge is -2.27. The Kier molecular flexibility index (Phi) is 6.12. The summed E-state index contributed by atoms with van der Waals surface area (Å²) in [6.07, 6.45) is -1.18. The largest absolute Gasteiger partial charge is 0.346 e. The van der Waals surface area contributed by atoms with Crippen LogP contribution in [0.4, 0.5) is 14.5 Å². The Morgan fingerprint density at radius 1 is 1.28 bits per heavy atom. The number of benzene rings is 1. The molecule has 0 aromatic heterocycles. The number of sulfone groups is 1. The average molecular weight is 394 g/mol. The first-order valence-electron chi connectivity index (χ1n) is 7.48. The third-order valence-electron chi connectivity index (χ3n) is 3.56. The summed E-state index contributed by atoms with van der Waals surface area (Å²) < 4.78 is 55.0. The number of alkyl halides is 2. The van der Waals surface area contributed by atoms with E-state index in [1.807, 2.05) is 0 Å². The molecule has 1 heterocycles. The molecule has 0 saturated carbocycles. The number of nitrogens with one attached hydrogen (secondary N) is 1. The lowest BCUT2D eigenvalue weighted by atomic mass is 10.1. The van der Waals surface area contributed by atoms with Gasteiger partial charge in [-0.1, -0.05) is 12.1 Å². The predicted octanol–water partition coefficient (Wildman–Crippen LogP) is 3.28. The van der Waals surface area contributed by atoms with Crippen molar-refractivity contribution in [3.05, 3.63) is 24.3 Å². The van der Waals surface area contributed by atoms with E-state index in [0.717, 1.165) is 0 Å². The topological polar surface area (TPSA) is 80.1 Å². The van der Waals surface area contributed by atoms with Crippen molar-refractivity contribution in [2.75, 3.05) is 5.32 Å². The zero-order valence-electron chi connectivity index (χ0n) is 13.8. The highest BCUT2D eigenvalue weighted by molar-refractivity contribution is 7.92. The van der Waals surface area contributed by atoms with Crippen molar-refractivity contribution in [3.8, 4) is 0 Å². The molecule has 2 unspecified atom stereocenters. The molecule has 1 aromatic rings. The van der Waals surface area contributed by atoms with E-state index in [0.29, 0.717) is 0 Å². The van der Waals surface area contributed by atoms with Crippen LogP contribution in [0.5, 0.6) is 0 Å². The molecule has 2 rings (SSSR count). The van der Waals surface area contributed by atoms with Gasteiger partial charge in [0.2, 0.25) is 5.29 Å². The molecule has 0 aliphatic carbocycles. The van der Waals surface area contributed by atoms with Crippen molar-refractivity contribution >= 4 is 38.3 Å². The number of hydrogen-bond donors (Lipinski definition) is 1. The molecule has 0 saturated heterocycles. The second kappa shape index (κ2) is 7.76. The van der Waals surface area contributed by atoms with E-state index < -0.39 is 33.8 Å². The number of nitrogens with zero attached hydrogens (tertiary/aromatic N) is 2. The van der Waals surface area contributed by atoms with Crippen LogP contribution in [-0.4, -0.2) is 43.6 Å². The molecule has 1 aromatic carbocycles. The second-order valence-corrected chi connectivity index (χ2v) is 8.48. The van der Waals surface area contributed by atoms with Gasteiger partial charge in [-0.15, -0.1) is 0 Å². The number of halogens is 3. The van der Waals surface area contributed by atoms with Crippen molar-refractivity contribution in [1.82, 2.24) is 0 Å². The highest BCUT2D eigenvalue weighted by Crippen LogP contribution is 2.26. The van der Waals surface area contributed by atoms with Crippen LogP contribution in [-0.2, 0) is 14.6 Å². The monoisotopic (exact) mass is 393 g/mol. The molecular weight excluding hydrogens is 376 g/mol. The molecule has 10 heteroatoms. The van der Waals surface area contributed by atoms with Gasteiger partial charge in [-0.25, -0.2) is 18.4 Å². The maximum Gasteiger partial charge on any atom is 0.346 e. The van der Waals surface area contributed by atoms with Crippen molar-refractivity contribution in [2.24, 2.45) is 9.98 Å². The number of hydrogen-bond acceptors (Lipinski definition) is 6. The number of ether oxygens (including phenoxy) is 1. The Morgan fingerprint density at radius 3 is 2.52 bits per heavy atom. The van der Waals surface area contributed by atoms with Gasteiger partial charge in [0.1, 0.15) is 11.9 Å². The van der Waals surface area contributed by atoms with Gasteiger partial charge < -0.3 is 10.1 Å². The Morgan fingerprint density at radius 2 is 1.92 bits per heavy atom. The second-order valence-electron chi connectivity index (χ2n) is 5.67. The summed E-state index contributed by atoms with van der Waals surface area (Å²) in [6, 6.07) is 5.43. The SMILES string of the molecule is CC1N=C(Cl)N=C(Nc2ccccc2S(=O)(=O)C(C)C)C1OC(F)F. The molecule has 25 heavy (non-hydrogen) atoms. The molecule has 1 aliphatic heterocycles. The molecule has 2 atom stereocenters. The van der Waals surface area contributed by atoms with E-state index in [1.54, 1.807) is 32.9 Å². The quantitative estimate of drug-likeness (QED) is 0.778. The molecular formula is C15H18ClF2N3O3S. The predicted molar refractivity (Wildman–Crippen MR) is 93.4 cm³/mol. The van der Waals surface area contributed by atoms with Crippen LogP contribution >= 0.6 is 11.6 Å². The summed E-state index contributed by atoms with van der Waals surface area (Å²) in [5.74, 6) is -0.0285. The molecule has 0 amide bonds. The maximum absolute atomic E-state index is 12.7. The van der Waals surface area contributed by atoms with Gasteiger partial charge in [-0.2, -0.15) is 8.78 Å². The first-order valence-corrected chi connectivity index (χ1v) is 9.40. The summed E-state index contributed by atoms with van der Waals surface area (Å²) >= 11 is 5.82. The normalized spacial score (nSPS) is 21.3. The van der Waals surface area contributed by atoms with Crippen molar-refractivity contribution in [2.45, 2.75) is 49.7 Å². The van der Waals surface area contributed by atoms with E-state index in [2.05, 4.69) is 20.0 Å². The fraction of sp³-hybridized carbons (Fsp3) is 0.467. The Bertz CT molecular complexity index is 797. The lowest BCUT2D eigenvalue weighted by molar-refractivity contribution is -0.148. The minimum atomic E-state index is -3.60. The Balaban J connectivity index is 2.43. The summed E-state index contributed by atoms with van der Waals surface area (Å²) in [7, 11) is -3.60. The zero-order chi connectivity index (χ0) is 18.8. The standard InChI is InChI=1S/C15H18ClF2N3O3S/c1-8(2)25(22,23)11-7-5-4-6-10(11)20-13-12(24-15(17)18)9(3)19-14(16)21-13/h4-9,12,15H,1-3H3,(H,19,20,21).